The van der Waals surface area contributed by atoms with Crippen LogP contribution in [0.25, 0.3) is 0 Å². The summed E-state index contributed by atoms with van der Waals surface area (Å²) in [7, 11) is 0. The van der Waals surface area contributed by atoms with Crippen LogP contribution in [0.2, 0.25) is 0 Å². The number of hydrogen-bond acceptors (Lipinski definition) is 3. The van der Waals surface area contributed by atoms with Crippen molar-refractivity contribution in [1.82, 2.24) is 4.98 Å². The molecule has 1 amide bonds. The van der Waals surface area contributed by atoms with Crippen molar-refractivity contribution in [2.24, 2.45) is 0 Å². The molecule has 0 unspecified atom stereocenters. The summed E-state index contributed by atoms with van der Waals surface area (Å²) in [5, 5.41) is 11.3. The van der Waals surface area contributed by atoms with E-state index in [-0.39, 0.29) is 5.91 Å². The van der Waals surface area contributed by atoms with E-state index in [1.54, 1.807) is 6.92 Å². The Morgan fingerprint density at radius 3 is 2.73 bits per heavy atom. The molecule has 1 heterocycles. The van der Waals surface area contributed by atoms with E-state index in [4.69, 9.17) is 11.7 Å². The van der Waals surface area contributed by atoms with Crippen molar-refractivity contribution in [1.29, 1.82) is 5.26 Å². The Morgan fingerprint density at radius 1 is 1.60 bits per heavy atom. The number of nitriles is 1. The minimum absolute atomic E-state index is 0.247. The van der Waals surface area contributed by atoms with Crippen molar-refractivity contribution < 1.29 is 4.79 Å². The number of hydrogen-bond donors (Lipinski definition) is 1. The molecule has 0 fully saturated rings. The molecule has 0 aliphatic rings. The minimum Gasteiger partial charge on any atom is -0.310 e. The van der Waals surface area contributed by atoms with Gasteiger partial charge in [-0.15, -0.1) is 6.42 Å². The highest BCUT2D eigenvalue weighted by molar-refractivity contribution is 5.89. The number of terminal acetylenes is 1. The van der Waals surface area contributed by atoms with Crippen LogP contribution in [0.5, 0.6) is 0 Å². The van der Waals surface area contributed by atoms with Crippen LogP contribution in [-0.2, 0) is 4.79 Å². The molecule has 0 aromatic carbocycles. The van der Waals surface area contributed by atoms with Crippen LogP contribution < -0.4 is 5.32 Å². The zero-order chi connectivity index (χ0) is 11.4. The molecule has 1 rings (SSSR count). The molecule has 15 heavy (non-hydrogen) atoms. The van der Waals surface area contributed by atoms with Crippen LogP contribution >= 0.6 is 0 Å². The zero-order valence-corrected chi connectivity index (χ0v) is 8.46. The first kappa shape index (κ1) is 10.7. The average Bonchev–Trinajstić information content (AvgIpc) is 2.17. The van der Waals surface area contributed by atoms with Crippen molar-refractivity contribution >= 4 is 11.7 Å². The summed E-state index contributed by atoms with van der Waals surface area (Å²) in [6.07, 6.45) is 5.25. The summed E-state index contributed by atoms with van der Waals surface area (Å²) in [6, 6.07) is 3.52. The molecule has 0 aliphatic carbocycles. The van der Waals surface area contributed by atoms with Crippen LogP contribution in [0.4, 0.5) is 5.82 Å². The molecule has 0 bridgehead atoms. The van der Waals surface area contributed by atoms with Gasteiger partial charge in [-0.2, -0.15) is 5.26 Å². The van der Waals surface area contributed by atoms with Gasteiger partial charge in [-0.05, 0) is 13.0 Å². The number of carbonyl (C=O) groups excluding carboxylic acids is 1. The number of aromatic nitrogens is 1. The third-order valence-electron chi connectivity index (χ3n) is 1.78. The molecule has 1 N–H and O–H groups in total. The fourth-order valence-electron chi connectivity index (χ4n) is 1.09. The van der Waals surface area contributed by atoms with E-state index >= 15 is 0 Å². The Bertz CT molecular complexity index is 492. The predicted octanol–water partition coefficient (Wildman–Crippen LogP) is 1.20. The lowest BCUT2D eigenvalue weighted by Crippen LogP contribution is -2.10. The predicted molar refractivity (Wildman–Crippen MR) is 55.9 cm³/mol. The summed E-state index contributed by atoms with van der Waals surface area (Å²) in [5.74, 6) is 2.45. The van der Waals surface area contributed by atoms with Gasteiger partial charge in [0.2, 0.25) is 5.91 Å². The lowest BCUT2D eigenvalue weighted by Gasteiger charge is -2.06. The number of nitrogens with one attached hydrogen (secondary N) is 1. The smallest absolute Gasteiger partial charge is 0.222 e. The van der Waals surface area contributed by atoms with Crippen LogP contribution in [0.3, 0.4) is 0 Å². The molecule has 4 nitrogen and oxygen atoms in total. The minimum atomic E-state index is -0.247. The number of carbonyl (C=O) groups is 1. The highest BCUT2D eigenvalue weighted by Crippen LogP contribution is 2.15. The number of nitrogens with zero attached hydrogens (tertiary/aromatic N) is 2. The Kier molecular flexibility index (Phi) is 3.05. The summed E-state index contributed by atoms with van der Waals surface area (Å²) in [5.41, 5.74) is 1.37. The largest absolute Gasteiger partial charge is 0.310 e. The first-order valence-corrected chi connectivity index (χ1v) is 4.24. The normalized spacial score (nSPS) is 8.80. The maximum Gasteiger partial charge on any atom is 0.222 e. The molecule has 0 saturated carbocycles. The summed E-state index contributed by atoms with van der Waals surface area (Å²) in [6.45, 7) is 3.06. The van der Waals surface area contributed by atoms with Gasteiger partial charge in [-0.3, -0.25) is 4.79 Å². The van der Waals surface area contributed by atoms with Crippen molar-refractivity contribution in [2.75, 3.05) is 5.32 Å². The summed E-state index contributed by atoms with van der Waals surface area (Å²) in [4.78, 5) is 14.9. The van der Waals surface area contributed by atoms with Crippen molar-refractivity contribution in [2.45, 2.75) is 13.8 Å². The van der Waals surface area contributed by atoms with Crippen LogP contribution in [0, 0.1) is 30.6 Å². The maximum absolute atomic E-state index is 10.9. The maximum atomic E-state index is 10.9. The molecule has 1 aromatic rings. The van der Waals surface area contributed by atoms with E-state index in [1.807, 2.05) is 6.07 Å². The molecule has 0 spiro atoms. The molecular weight excluding hydrogens is 190 g/mol. The molecule has 0 aliphatic heterocycles. The van der Waals surface area contributed by atoms with Crippen molar-refractivity contribution in [3.05, 3.63) is 22.9 Å². The van der Waals surface area contributed by atoms with E-state index in [0.29, 0.717) is 22.6 Å². The van der Waals surface area contributed by atoms with Gasteiger partial charge >= 0.3 is 0 Å². The van der Waals surface area contributed by atoms with Gasteiger partial charge in [0, 0.05) is 6.92 Å². The summed E-state index contributed by atoms with van der Waals surface area (Å²) < 4.78 is 0. The first-order valence-electron chi connectivity index (χ1n) is 4.24. The van der Waals surface area contributed by atoms with E-state index in [0.717, 1.165) is 0 Å². The van der Waals surface area contributed by atoms with E-state index < -0.39 is 0 Å². The molecule has 74 valence electrons. The number of pyridine rings is 1. The van der Waals surface area contributed by atoms with Gasteiger partial charge in [0.15, 0.2) is 0 Å². The SMILES string of the molecule is C#Cc1cc(C#N)c(C)nc1NC(C)=O. The average molecular weight is 199 g/mol. The van der Waals surface area contributed by atoms with Crippen molar-refractivity contribution in [3.8, 4) is 18.4 Å². The Balaban J connectivity index is 3.30. The van der Waals surface area contributed by atoms with E-state index in [1.165, 1.54) is 13.0 Å². The highest BCUT2D eigenvalue weighted by Gasteiger charge is 2.08. The Morgan fingerprint density at radius 2 is 2.27 bits per heavy atom. The number of anilines is 1. The molecule has 4 heteroatoms. The van der Waals surface area contributed by atoms with E-state index in [9.17, 15) is 4.79 Å². The van der Waals surface area contributed by atoms with Gasteiger partial charge in [0.1, 0.15) is 11.9 Å². The van der Waals surface area contributed by atoms with E-state index in [2.05, 4.69) is 16.2 Å². The Hall–Kier alpha value is -2.33. The number of aryl methyl sites for hydroxylation is 1. The second-order valence-electron chi connectivity index (χ2n) is 2.95. The van der Waals surface area contributed by atoms with Gasteiger partial charge in [0.25, 0.3) is 0 Å². The monoisotopic (exact) mass is 199 g/mol. The zero-order valence-electron chi connectivity index (χ0n) is 8.46. The number of amides is 1. The van der Waals surface area contributed by atoms with Crippen LogP contribution in [0.15, 0.2) is 6.07 Å². The molecule has 1 aromatic heterocycles. The van der Waals surface area contributed by atoms with Gasteiger partial charge < -0.3 is 5.32 Å². The lowest BCUT2D eigenvalue weighted by atomic mass is 10.1. The third-order valence-corrected chi connectivity index (χ3v) is 1.78. The quantitative estimate of drug-likeness (QED) is 0.691. The molecular formula is C11H9N3O. The third kappa shape index (κ3) is 2.32. The first-order chi connectivity index (χ1) is 7.08. The molecule has 0 atom stereocenters. The van der Waals surface area contributed by atoms with Crippen LogP contribution in [-0.4, -0.2) is 10.9 Å². The van der Waals surface area contributed by atoms with Gasteiger partial charge in [-0.25, -0.2) is 4.98 Å². The fourth-order valence-corrected chi connectivity index (χ4v) is 1.09. The topological polar surface area (TPSA) is 65.8 Å². The fraction of sp³-hybridized carbons (Fsp3) is 0.182. The van der Waals surface area contributed by atoms with Gasteiger partial charge in [-0.1, -0.05) is 5.92 Å². The second-order valence-corrected chi connectivity index (χ2v) is 2.95. The molecule has 0 radical (unpaired) electrons. The second kappa shape index (κ2) is 4.26. The standard InChI is InChI=1S/C11H9N3O/c1-4-9-5-10(6-12)7(2)13-11(9)14-8(3)15/h1,5H,2-3H3,(H,13,14,15). The highest BCUT2D eigenvalue weighted by atomic mass is 16.1. The lowest BCUT2D eigenvalue weighted by molar-refractivity contribution is -0.114. The van der Waals surface area contributed by atoms with Gasteiger partial charge in [0.05, 0.1) is 16.8 Å². The number of rotatable bonds is 1. The van der Waals surface area contributed by atoms with Crippen molar-refractivity contribution in [3.63, 3.8) is 0 Å². The van der Waals surface area contributed by atoms with Crippen LogP contribution in [0.1, 0.15) is 23.7 Å². The molecule has 0 saturated heterocycles. The Labute approximate surface area is 87.9 Å². The summed E-state index contributed by atoms with van der Waals surface area (Å²) >= 11 is 0.